The van der Waals surface area contributed by atoms with E-state index >= 15 is 0 Å². The summed E-state index contributed by atoms with van der Waals surface area (Å²) in [5, 5.41) is 1.88. The largest absolute Gasteiger partial charge is 0.453 e. The van der Waals surface area contributed by atoms with Crippen molar-refractivity contribution in [3.8, 4) is 11.3 Å². The Labute approximate surface area is 167 Å². The molecule has 0 aliphatic carbocycles. The van der Waals surface area contributed by atoms with Gasteiger partial charge in [-0.05, 0) is 35.6 Å². The summed E-state index contributed by atoms with van der Waals surface area (Å²) in [6.45, 7) is 8.70. The van der Waals surface area contributed by atoms with Crippen molar-refractivity contribution in [1.82, 2.24) is 4.98 Å². The number of oxazole rings is 1. The van der Waals surface area contributed by atoms with E-state index in [0.29, 0.717) is 16.7 Å². The number of aromatic nitrogens is 2. The molecule has 5 heteroatoms. The summed E-state index contributed by atoms with van der Waals surface area (Å²) < 4.78 is 27.1. The number of aryl methyl sites for hydroxylation is 2. The number of benzene rings is 2. The molecule has 0 fully saturated rings. The van der Waals surface area contributed by atoms with Crippen LogP contribution in [0.3, 0.4) is 0 Å². The Morgan fingerprint density at radius 2 is 1.69 bits per heavy atom. The summed E-state index contributed by atoms with van der Waals surface area (Å²) in [4.78, 5) is 3.89. The maximum absolute atomic E-state index is 13.6. The van der Waals surface area contributed by atoms with Crippen LogP contribution in [0.2, 0.25) is 0 Å². The van der Waals surface area contributed by atoms with Crippen LogP contribution in [0.25, 0.3) is 44.3 Å². The van der Waals surface area contributed by atoms with Crippen molar-refractivity contribution in [3.63, 3.8) is 0 Å². The lowest BCUT2D eigenvalue weighted by atomic mass is 9.86. The maximum atomic E-state index is 13.6. The van der Waals surface area contributed by atoms with Gasteiger partial charge in [-0.1, -0.05) is 32.9 Å². The van der Waals surface area contributed by atoms with Crippen LogP contribution >= 0.6 is 0 Å². The van der Waals surface area contributed by atoms with E-state index in [1.807, 2.05) is 13.1 Å². The van der Waals surface area contributed by atoms with E-state index in [4.69, 9.17) is 8.83 Å². The highest BCUT2D eigenvalue weighted by Crippen LogP contribution is 2.40. The van der Waals surface area contributed by atoms with Gasteiger partial charge in [0.2, 0.25) is 5.69 Å². The first kappa shape index (κ1) is 17.9. The quantitative estimate of drug-likeness (QED) is 0.332. The zero-order valence-corrected chi connectivity index (χ0v) is 17.1. The molecule has 0 saturated carbocycles. The first-order chi connectivity index (χ1) is 13.7. The minimum atomic E-state index is -0.853. The fraction of sp³-hybridized carbons (Fsp3) is 0.250. The molecule has 0 saturated heterocycles. The van der Waals surface area contributed by atoms with Crippen LogP contribution in [-0.4, -0.2) is 4.98 Å². The first-order valence-corrected chi connectivity index (χ1v) is 9.65. The molecule has 2 aromatic carbocycles. The molecule has 5 rings (SSSR count). The zero-order valence-electron chi connectivity index (χ0n) is 17.1. The van der Waals surface area contributed by atoms with Crippen molar-refractivity contribution in [3.05, 3.63) is 59.9 Å². The van der Waals surface area contributed by atoms with Crippen LogP contribution in [0.1, 0.15) is 31.9 Å². The predicted molar refractivity (Wildman–Crippen MR) is 111 cm³/mol. The molecule has 0 aliphatic heterocycles. The van der Waals surface area contributed by atoms with Crippen molar-refractivity contribution in [2.75, 3.05) is 0 Å². The van der Waals surface area contributed by atoms with Gasteiger partial charge in [0.1, 0.15) is 12.6 Å². The highest BCUT2D eigenvalue weighted by atomic mass is 19.1. The lowest BCUT2D eigenvalue weighted by Crippen LogP contribution is -2.32. The SMILES string of the molecule is Cc1ccc2c(oc3c2ccc2oc(F)nc23)c1-c1cc(C(C)(C)C)cc[n+]1C. The lowest BCUT2D eigenvalue weighted by molar-refractivity contribution is -0.660. The third-order valence-electron chi connectivity index (χ3n) is 5.62. The third-order valence-corrected chi connectivity index (χ3v) is 5.62. The fourth-order valence-corrected chi connectivity index (χ4v) is 3.96. The average molecular weight is 389 g/mol. The molecule has 0 spiro atoms. The molecule has 0 amide bonds. The molecule has 3 aromatic heterocycles. The van der Waals surface area contributed by atoms with Crippen molar-refractivity contribution in [1.29, 1.82) is 0 Å². The minimum Gasteiger partial charge on any atom is -0.453 e. The number of fused-ring (bicyclic) bond motifs is 5. The highest BCUT2D eigenvalue weighted by Gasteiger charge is 2.25. The van der Waals surface area contributed by atoms with Crippen LogP contribution in [0, 0.1) is 13.1 Å². The predicted octanol–water partition coefficient (Wildman–Crippen LogP) is 5.96. The van der Waals surface area contributed by atoms with Gasteiger partial charge in [0.05, 0.1) is 5.56 Å². The lowest BCUT2D eigenvalue weighted by Gasteiger charge is -2.19. The topological polar surface area (TPSA) is 43.1 Å². The molecule has 0 atom stereocenters. The van der Waals surface area contributed by atoms with Crippen LogP contribution in [-0.2, 0) is 12.5 Å². The van der Waals surface area contributed by atoms with E-state index in [9.17, 15) is 4.39 Å². The Bertz CT molecular complexity index is 1420. The van der Waals surface area contributed by atoms with Crippen molar-refractivity contribution in [2.45, 2.75) is 33.1 Å². The summed E-state index contributed by atoms with van der Waals surface area (Å²) >= 11 is 0. The number of nitrogens with zero attached hydrogens (tertiary/aromatic N) is 2. The number of halogens is 1. The number of hydrogen-bond acceptors (Lipinski definition) is 3. The molecule has 29 heavy (non-hydrogen) atoms. The van der Waals surface area contributed by atoms with Gasteiger partial charge < -0.3 is 8.83 Å². The molecule has 3 heterocycles. The van der Waals surface area contributed by atoms with Gasteiger partial charge in [0.25, 0.3) is 0 Å². The van der Waals surface area contributed by atoms with Gasteiger partial charge in [-0.25, -0.2) is 4.57 Å². The van der Waals surface area contributed by atoms with E-state index in [1.54, 1.807) is 6.07 Å². The van der Waals surface area contributed by atoms with Gasteiger partial charge in [0.15, 0.2) is 22.9 Å². The Morgan fingerprint density at radius 1 is 0.966 bits per heavy atom. The number of hydrogen-bond donors (Lipinski definition) is 0. The Morgan fingerprint density at radius 3 is 2.45 bits per heavy atom. The number of rotatable bonds is 1. The van der Waals surface area contributed by atoms with Crippen LogP contribution < -0.4 is 4.57 Å². The Balaban J connectivity index is 1.89. The summed E-state index contributed by atoms with van der Waals surface area (Å²) in [5.41, 5.74) is 6.61. The molecule has 4 nitrogen and oxygen atoms in total. The molecule has 0 unspecified atom stereocenters. The van der Waals surface area contributed by atoms with Gasteiger partial charge in [0, 0.05) is 22.9 Å². The Kier molecular flexibility index (Phi) is 3.63. The summed E-state index contributed by atoms with van der Waals surface area (Å²) in [5.74, 6) is 0. The van der Waals surface area contributed by atoms with E-state index in [-0.39, 0.29) is 5.41 Å². The third kappa shape index (κ3) is 2.64. The number of furan rings is 1. The minimum absolute atomic E-state index is 0.0308. The normalized spacial score (nSPS) is 12.5. The second-order valence-electron chi connectivity index (χ2n) is 8.65. The van der Waals surface area contributed by atoms with Crippen molar-refractivity contribution >= 4 is 33.0 Å². The van der Waals surface area contributed by atoms with Crippen LogP contribution in [0.4, 0.5) is 4.39 Å². The van der Waals surface area contributed by atoms with Gasteiger partial charge in [-0.2, -0.15) is 4.98 Å². The maximum Gasteiger partial charge on any atom is 0.382 e. The Hall–Kier alpha value is -3.21. The number of pyridine rings is 1. The molecule has 0 bridgehead atoms. The summed E-state index contributed by atoms with van der Waals surface area (Å²) in [7, 11) is 2.04. The van der Waals surface area contributed by atoms with Gasteiger partial charge in [-0.15, -0.1) is 4.39 Å². The molecular formula is C24H22FN2O2+. The summed E-state index contributed by atoms with van der Waals surface area (Å²) in [6, 6.07) is 12.2. The van der Waals surface area contributed by atoms with Crippen molar-refractivity contribution in [2.24, 2.45) is 7.05 Å². The highest BCUT2D eigenvalue weighted by molar-refractivity contribution is 6.15. The van der Waals surface area contributed by atoms with E-state index in [0.717, 1.165) is 33.2 Å². The molecular weight excluding hydrogens is 367 g/mol. The van der Waals surface area contributed by atoms with Crippen LogP contribution in [0.15, 0.2) is 51.4 Å². The van der Waals surface area contributed by atoms with Gasteiger partial charge in [-0.3, -0.25) is 0 Å². The average Bonchev–Trinajstić information content (AvgIpc) is 3.21. The van der Waals surface area contributed by atoms with Gasteiger partial charge >= 0.3 is 6.14 Å². The van der Waals surface area contributed by atoms with E-state index in [2.05, 4.69) is 67.7 Å². The standard InChI is InChI=1S/C24H22FN2O2/c1-13-6-7-15-16-8-9-18-20(26-23(25)28-18)22(16)29-21(15)19(13)17-12-14(24(2,3)4)10-11-27(17)5/h6-12H,1-5H3/q+1. The zero-order chi connectivity index (χ0) is 20.5. The summed E-state index contributed by atoms with van der Waals surface area (Å²) in [6.07, 6.45) is 1.23. The molecule has 146 valence electrons. The fourth-order valence-electron chi connectivity index (χ4n) is 3.96. The smallest absolute Gasteiger partial charge is 0.382 e. The van der Waals surface area contributed by atoms with Crippen LogP contribution in [0.5, 0.6) is 0 Å². The second-order valence-corrected chi connectivity index (χ2v) is 8.65. The molecule has 0 aliphatic rings. The second kappa shape index (κ2) is 5.89. The molecule has 0 N–H and O–H groups in total. The van der Waals surface area contributed by atoms with E-state index < -0.39 is 6.14 Å². The molecule has 5 aromatic rings. The van der Waals surface area contributed by atoms with Crippen molar-refractivity contribution < 1.29 is 17.8 Å². The monoisotopic (exact) mass is 389 g/mol. The molecule has 0 radical (unpaired) electrons. The van der Waals surface area contributed by atoms with E-state index in [1.165, 1.54) is 5.56 Å². The first-order valence-electron chi connectivity index (χ1n) is 9.65.